The third-order valence-corrected chi connectivity index (χ3v) is 16.7. The smallest absolute Gasteiger partial charge is 0.143 e. The summed E-state index contributed by atoms with van der Waals surface area (Å²) in [6.45, 7) is 0. The van der Waals surface area contributed by atoms with Crippen LogP contribution in [0, 0.1) is 5.82 Å². The summed E-state index contributed by atoms with van der Waals surface area (Å²) in [6.07, 6.45) is 0. The molecule has 4 aromatic heterocycles. The Bertz CT molecular complexity index is 5360. The van der Waals surface area contributed by atoms with E-state index in [0.717, 1.165) is 155 Å². The number of para-hydroxylation sites is 4. The number of nitrogens with zero attached hydrogens (tertiary/aromatic N) is 3. The number of halogens is 1. The van der Waals surface area contributed by atoms with E-state index >= 15 is 4.39 Å². The van der Waals surface area contributed by atoms with Crippen molar-refractivity contribution in [3.8, 4) is 33.4 Å². The first-order valence-electron chi connectivity index (χ1n) is 27.7. The van der Waals surface area contributed by atoms with Crippen molar-refractivity contribution in [2.75, 3.05) is 9.80 Å². The molecule has 384 valence electrons. The lowest BCUT2D eigenvalue weighted by Crippen LogP contribution is -2.09. The molecule has 0 aliphatic heterocycles. The van der Waals surface area contributed by atoms with Crippen molar-refractivity contribution in [1.29, 1.82) is 0 Å². The number of rotatable bonds is 9. The van der Waals surface area contributed by atoms with Gasteiger partial charge in [0, 0.05) is 88.3 Å². The zero-order valence-electron chi connectivity index (χ0n) is 44.1. The molecule has 0 aliphatic carbocycles. The third kappa shape index (κ3) is 7.11. The lowest BCUT2D eigenvalue weighted by molar-refractivity contribution is 0.628. The van der Waals surface area contributed by atoms with E-state index in [4.69, 9.17) is 8.83 Å². The highest BCUT2D eigenvalue weighted by molar-refractivity contribution is 6.32. The quantitative estimate of drug-likeness (QED) is 0.144. The van der Waals surface area contributed by atoms with Crippen molar-refractivity contribution in [3.63, 3.8) is 0 Å². The van der Waals surface area contributed by atoms with Crippen LogP contribution >= 0.6 is 0 Å². The van der Waals surface area contributed by atoms with Gasteiger partial charge in [-0.05, 0) is 148 Å². The number of hydrogen-bond donors (Lipinski definition) is 0. The van der Waals surface area contributed by atoms with Crippen LogP contribution < -0.4 is 9.80 Å². The van der Waals surface area contributed by atoms with Crippen molar-refractivity contribution in [2.45, 2.75) is 0 Å². The number of benzene rings is 13. The molecule has 0 spiro atoms. The van der Waals surface area contributed by atoms with Gasteiger partial charge in [-0.1, -0.05) is 164 Å². The summed E-state index contributed by atoms with van der Waals surface area (Å²) in [5.74, 6) is -0.265. The van der Waals surface area contributed by atoms with E-state index in [9.17, 15) is 0 Å². The number of aromatic nitrogens is 1. The van der Waals surface area contributed by atoms with Gasteiger partial charge in [-0.3, -0.25) is 0 Å². The molecule has 17 rings (SSSR count). The summed E-state index contributed by atoms with van der Waals surface area (Å²) in [5, 5.41) is 11.0. The van der Waals surface area contributed by atoms with Gasteiger partial charge >= 0.3 is 0 Å². The molecule has 0 atom stereocenters. The third-order valence-electron chi connectivity index (χ3n) is 16.7. The molecule has 17 aromatic rings. The Morgan fingerprint density at radius 1 is 0.293 bits per heavy atom. The lowest BCUT2D eigenvalue weighted by atomic mass is 9.97. The zero-order valence-corrected chi connectivity index (χ0v) is 44.1. The highest BCUT2D eigenvalue weighted by Crippen LogP contribution is 2.49. The Morgan fingerprint density at radius 3 is 1.38 bits per heavy atom. The van der Waals surface area contributed by atoms with Crippen LogP contribution in [0.1, 0.15) is 0 Å². The van der Waals surface area contributed by atoms with Gasteiger partial charge in [0.15, 0.2) is 0 Å². The molecule has 0 unspecified atom stereocenters. The second kappa shape index (κ2) is 18.0. The molecule has 0 bridgehead atoms. The summed E-state index contributed by atoms with van der Waals surface area (Å²) in [7, 11) is 0. The van der Waals surface area contributed by atoms with E-state index < -0.39 is 0 Å². The summed E-state index contributed by atoms with van der Waals surface area (Å²) in [5.41, 5.74) is 19.0. The van der Waals surface area contributed by atoms with Gasteiger partial charge in [0.25, 0.3) is 0 Å². The topological polar surface area (TPSA) is 37.2 Å². The zero-order chi connectivity index (χ0) is 54.0. The van der Waals surface area contributed by atoms with Gasteiger partial charge in [-0.15, -0.1) is 0 Å². The summed E-state index contributed by atoms with van der Waals surface area (Å²) in [4.78, 5) is 4.70. The summed E-state index contributed by atoms with van der Waals surface area (Å²) < 4.78 is 30.9. The SMILES string of the molecule is Fc1cccc(-c2ccc3c(c2)c2c4cc(N(c5ccccc5)c5ccc6oc7c(-c8ccccc8)cccc7c6c5)ccc4cc4c5ccc(N(c6ccccc6)c6ccc7oc8c(-c9ccccc9)cccc8c7c6)cc5n3c42)c1. The standard InChI is InChI=1S/C76H46FN3O2/c77-52-21-13-20-49(40-52)50-31-37-69-68(41-50)73-64-43-55(78(53-22-9-3-10-23-53)56-34-38-71-65(44-56)62-28-14-26-59(75(62)81-71)47-16-5-1-6-17-47)32-30-51(64)42-67-61-36-33-58(46-70(61)80(69)74(67)73)79(54-24-11-4-12-25-54)57-35-39-72-66(45-57)63-29-15-27-60(76(63)82-72)48-18-7-2-8-19-48/h1-46H. The van der Waals surface area contributed by atoms with Crippen molar-refractivity contribution in [3.05, 3.63) is 285 Å². The maximum absolute atomic E-state index is 15.0. The highest BCUT2D eigenvalue weighted by Gasteiger charge is 2.25. The minimum atomic E-state index is -0.265. The molecule has 82 heavy (non-hydrogen) atoms. The van der Waals surface area contributed by atoms with E-state index in [-0.39, 0.29) is 5.82 Å². The average Bonchev–Trinajstić information content (AvgIpc) is 2.23. The number of hydrogen-bond acceptors (Lipinski definition) is 4. The lowest BCUT2D eigenvalue weighted by Gasteiger charge is -2.26. The molecule has 0 saturated heterocycles. The molecule has 0 saturated carbocycles. The molecule has 5 nitrogen and oxygen atoms in total. The Hall–Kier alpha value is -11.0. The normalized spacial score (nSPS) is 12.0. The van der Waals surface area contributed by atoms with E-state index in [1.165, 1.54) is 11.5 Å². The minimum absolute atomic E-state index is 0.265. The second-order valence-corrected chi connectivity index (χ2v) is 21.3. The summed E-state index contributed by atoms with van der Waals surface area (Å²) >= 11 is 0. The Kier molecular flexibility index (Phi) is 10.1. The molecule has 6 heteroatoms. The summed E-state index contributed by atoms with van der Waals surface area (Å²) in [6, 6.07) is 97.7. The van der Waals surface area contributed by atoms with Gasteiger partial charge in [0.2, 0.25) is 0 Å². The fourth-order valence-electron chi connectivity index (χ4n) is 13.0. The van der Waals surface area contributed by atoms with Crippen LogP contribution in [0.25, 0.3) is 126 Å². The van der Waals surface area contributed by atoms with Crippen molar-refractivity contribution >= 4 is 127 Å². The first-order chi connectivity index (χ1) is 40.6. The fourth-order valence-corrected chi connectivity index (χ4v) is 13.0. The number of anilines is 6. The van der Waals surface area contributed by atoms with Crippen molar-refractivity contribution < 1.29 is 13.2 Å². The van der Waals surface area contributed by atoms with Crippen LogP contribution in [-0.2, 0) is 0 Å². The Balaban J connectivity index is 0.878. The van der Waals surface area contributed by atoms with E-state index in [1.54, 1.807) is 12.1 Å². The molecular formula is C76H46FN3O2. The first kappa shape index (κ1) is 46.0. The monoisotopic (exact) mass is 1050 g/mol. The Labute approximate surface area is 470 Å². The van der Waals surface area contributed by atoms with E-state index in [1.807, 2.05) is 18.2 Å². The molecule has 0 amide bonds. The number of furan rings is 2. The molecule has 0 fully saturated rings. The fraction of sp³-hybridized carbons (Fsp3) is 0. The van der Waals surface area contributed by atoms with Crippen LogP contribution in [0.5, 0.6) is 0 Å². The van der Waals surface area contributed by atoms with Gasteiger partial charge in [0.05, 0.1) is 16.6 Å². The molecule has 0 radical (unpaired) electrons. The van der Waals surface area contributed by atoms with Crippen molar-refractivity contribution in [2.24, 2.45) is 0 Å². The average molecular weight is 1050 g/mol. The van der Waals surface area contributed by atoms with Gasteiger partial charge < -0.3 is 23.0 Å². The van der Waals surface area contributed by atoms with Crippen molar-refractivity contribution in [1.82, 2.24) is 4.40 Å². The van der Waals surface area contributed by atoms with E-state index in [0.29, 0.717) is 0 Å². The molecule has 0 N–H and O–H groups in total. The van der Waals surface area contributed by atoms with Gasteiger partial charge in [-0.25, -0.2) is 4.39 Å². The van der Waals surface area contributed by atoms with Crippen LogP contribution in [0.15, 0.2) is 288 Å². The van der Waals surface area contributed by atoms with E-state index in [2.05, 4.69) is 257 Å². The predicted molar refractivity (Wildman–Crippen MR) is 339 cm³/mol. The number of fused-ring (bicyclic) bond motifs is 14. The predicted octanol–water partition coefficient (Wildman–Crippen LogP) is 21.9. The minimum Gasteiger partial charge on any atom is -0.455 e. The maximum Gasteiger partial charge on any atom is 0.143 e. The van der Waals surface area contributed by atoms with Crippen LogP contribution in [0.4, 0.5) is 38.5 Å². The second-order valence-electron chi connectivity index (χ2n) is 21.3. The highest BCUT2D eigenvalue weighted by atomic mass is 19.1. The Morgan fingerprint density at radius 2 is 0.793 bits per heavy atom. The molecule has 0 aliphatic rings. The van der Waals surface area contributed by atoms with Crippen LogP contribution in [-0.4, -0.2) is 4.40 Å². The molecule has 4 heterocycles. The van der Waals surface area contributed by atoms with Gasteiger partial charge in [-0.2, -0.15) is 0 Å². The largest absolute Gasteiger partial charge is 0.455 e. The van der Waals surface area contributed by atoms with Gasteiger partial charge in [0.1, 0.15) is 28.1 Å². The first-order valence-corrected chi connectivity index (χ1v) is 27.7. The van der Waals surface area contributed by atoms with Crippen LogP contribution in [0.3, 0.4) is 0 Å². The van der Waals surface area contributed by atoms with Crippen LogP contribution in [0.2, 0.25) is 0 Å². The molecular weight excluding hydrogens is 1010 g/mol. The maximum atomic E-state index is 15.0. The molecule has 13 aromatic carbocycles.